The molecule has 134 valence electrons. The van der Waals surface area contributed by atoms with E-state index in [2.05, 4.69) is 25.3 Å². The predicted octanol–water partition coefficient (Wildman–Crippen LogP) is 0.902. The van der Waals surface area contributed by atoms with Crippen LogP contribution in [0.1, 0.15) is 33.1 Å². The number of hydrogen-bond acceptors (Lipinski definition) is 6. The second kappa shape index (κ2) is 7.18. The van der Waals surface area contributed by atoms with E-state index in [1.807, 2.05) is 33.9 Å². The molecule has 2 aromatic rings. The third-order valence-electron chi connectivity index (χ3n) is 4.36. The van der Waals surface area contributed by atoms with E-state index in [1.54, 1.807) is 4.68 Å². The maximum Gasteiger partial charge on any atom is 0.255 e. The second-order valence-corrected chi connectivity index (χ2v) is 6.25. The van der Waals surface area contributed by atoms with Crippen LogP contribution in [0.5, 0.6) is 0 Å². The highest BCUT2D eigenvalue weighted by Gasteiger charge is 2.18. The molecule has 1 fully saturated rings. The Hall–Kier alpha value is -2.48. The fraction of sp³-hybridized carbons (Fsp3) is 0.529. The third kappa shape index (κ3) is 3.79. The van der Waals surface area contributed by atoms with Crippen molar-refractivity contribution in [2.24, 2.45) is 7.05 Å². The summed E-state index contributed by atoms with van der Waals surface area (Å²) in [5.74, 6) is 0.563. The zero-order valence-corrected chi connectivity index (χ0v) is 15.2. The van der Waals surface area contributed by atoms with E-state index in [9.17, 15) is 4.79 Å². The van der Waals surface area contributed by atoms with Gasteiger partial charge in [0, 0.05) is 31.5 Å². The Morgan fingerprint density at radius 3 is 2.60 bits per heavy atom. The molecule has 1 amide bonds. The molecule has 8 nitrogen and oxygen atoms in total. The molecule has 8 heteroatoms. The zero-order chi connectivity index (χ0) is 18.0. The number of ether oxygens (including phenoxy) is 1. The first-order chi connectivity index (χ1) is 12.0. The first-order valence-corrected chi connectivity index (χ1v) is 8.41. The zero-order valence-electron chi connectivity index (χ0n) is 15.2. The summed E-state index contributed by atoms with van der Waals surface area (Å²) in [6, 6.07) is 1.90. The fourth-order valence-electron chi connectivity index (χ4n) is 2.97. The average Bonchev–Trinajstić information content (AvgIpc) is 2.85. The highest BCUT2D eigenvalue weighted by atomic mass is 16.5. The monoisotopic (exact) mass is 344 g/mol. The first kappa shape index (κ1) is 17.3. The lowest BCUT2D eigenvalue weighted by molar-refractivity contribution is 0.0949. The molecule has 3 rings (SSSR count). The summed E-state index contributed by atoms with van der Waals surface area (Å²) in [5.41, 5.74) is 3.88. The topological polar surface area (TPSA) is 85.2 Å². The van der Waals surface area contributed by atoms with Crippen molar-refractivity contribution in [1.29, 1.82) is 0 Å². The molecule has 1 saturated heterocycles. The van der Waals surface area contributed by atoms with Crippen molar-refractivity contribution in [3.8, 4) is 0 Å². The first-order valence-electron chi connectivity index (χ1n) is 8.41. The number of hydrogen-bond donors (Lipinski definition) is 1. The van der Waals surface area contributed by atoms with Gasteiger partial charge in [0.25, 0.3) is 5.91 Å². The van der Waals surface area contributed by atoms with E-state index < -0.39 is 0 Å². The molecule has 1 aliphatic rings. The van der Waals surface area contributed by atoms with Gasteiger partial charge in [0.2, 0.25) is 5.95 Å². The van der Waals surface area contributed by atoms with Crippen LogP contribution in [0.4, 0.5) is 5.95 Å². The van der Waals surface area contributed by atoms with E-state index in [0.29, 0.717) is 31.3 Å². The molecule has 0 aromatic carbocycles. The van der Waals surface area contributed by atoms with Gasteiger partial charge in [0.1, 0.15) is 0 Å². The number of aromatic nitrogens is 4. The predicted molar refractivity (Wildman–Crippen MR) is 93.7 cm³/mol. The minimum Gasteiger partial charge on any atom is -0.378 e. The lowest BCUT2D eigenvalue weighted by Crippen LogP contribution is -2.37. The van der Waals surface area contributed by atoms with Crippen LogP contribution in [-0.2, 0) is 18.3 Å². The van der Waals surface area contributed by atoms with Crippen LogP contribution in [0.15, 0.2) is 6.07 Å². The number of nitrogens with zero attached hydrogens (tertiary/aromatic N) is 5. The van der Waals surface area contributed by atoms with E-state index >= 15 is 0 Å². The van der Waals surface area contributed by atoms with Crippen molar-refractivity contribution >= 4 is 11.9 Å². The number of anilines is 1. The standard InChI is InChI=1S/C17H24N6O2/c1-11-9-14(20-17(19-11)23-5-7-25-8-6-23)10-18-16(24)15-12(2)21-22(4)13(15)3/h9H,5-8,10H2,1-4H3,(H,18,24). The van der Waals surface area contributed by atoms with Gasteiger partial charge in [0.15, 0.2) is 0 Å². The minimum atomic E-state index is -0.132. The van der Waals surface area contributed by atoms with E-state index in [1.165, 1.54) is 0 Å². The Morgan fingerprint density at radius 1 is 1.24 bits per heavy atom. The van der Waals surface area contributed by atoms with Crippen molar-refractivity contribution < 1.29 is 9.53 Å². The van der Waals surface area contributed by atoms with Crippen molar-refractivity contribution in [1.82, 2.24) is 25.1 Å². The Balaban J connectivity index is 1.72. The van der Waals surface area contributed by atoms with Crippen molar-refractivity contribution in [2.75, 3.05) is 31.2 Å². The van der Waals surface area contributed by atoms with Crippen LogP contribution >= 0.6 is 0 Å². The van der Waals surface area contributed by atoms with Gasteiger partial charge >= 0.3 is 0 Å². The summed E-state index contributed by atoms with van der Waals surface area (Å²) < 4.78 is 7.09. The molecule has 0 saturated carbocycles. The van der Waals surface area contributed by atoms with Gasteiger partial charge < -0.3 is 15.0 Å². The molecule has 2 aromatic heterocycles. The summed E-state index contributed by atoms with van der Waals surface area (Å²) in [7, 11) is 1.83. The molecular weight excluding hydrogens is 320 g/mol. The Bertz CT molecular complexity index is 780. The number of morpholine rings is 1. The van der Waals surface area contributed by atoms with Gasteiger partial charge in [-0.2, -0.15) is 5.10 Å². The van der Waals surface area contributed by atoms with Gasteiger partial charge in [-0.1, -0.05) is 0 Å². The number of amides is 1. The van der Waals surface area contributed by atoms with Crippen LogP contribution in [0.3, 0.4) is 0 Å². The SMILES string of the molecule is Cc1cc(CNC(=O)c2c(C)nn(C)c2C)nc(N2CCOCC2)n1. The molecule has 0 unspecified atom stereocenters. The van der Waals surface area contributed by atoms with Crippen LogP contribution in [0.25, 0.3) is 0 Å². The molecule has 0 aliphatic carbocycles. The van der Waals surface area contributed by atoms with Crippen LogP contribution < -0.4 is 10.2 Å². The molecule has 0 atom stereocenters. The number of carbonyl (C=O) groups excluding carboxylic acids is 1. The van der Waals surface area contributed by atoms with Crippen LogP contribution in [0.2, 0.25) is 0 Å². The number of nitrogens with one attached hydrogen (secondary N) is 1. The highest BCUT2D eigenvalue weighted by Crippen LogP contribution is 2.14. The summed E-state index contributed by atoms with van der Waals surface area (Å²) >= 11 is 0. The Kier molecular flexibility index (Phi) is 4.98. The molecule has 1 N–H and O–H groups in total. The van der Waals surface area contributed by atoms with E-state index in [4.69, 9.17) is 4.74 Å². The third-order valence-corrected chi connectivity index (χ3v) is 4.36. The Morgan fingerprint density at radius 2 is 1.96 bits per heavy atom. The molecule has 0 radical (unpaired) electrons. The number of aryl methyl sites for hydroxylation is 3. The highest BCUT2D eigenvalue weighted by molar-refractivity contribution is 5.96. The van der Waals surface area contributed by atoms with Crippen molar-refractivity contribution in [3.63, 3.8) is 0 Å². The smallest absolute Gasteiger partial charge is 0.255 e. The maximum absolute atomic E-state index is 12.5. The number of carbonyl (C=O) groups is 1. The molecule has 1 aliphatic heterocycles. The summed E-state index contributed by atoms with van der Waals surface area (Å²) in [4.78, 5) is 23.7. The van der Waals surface area contributed by atoms with E-state index in [-0.39, 0.29) is 5.91 Å². The Labute approximate surface area is 147 Å². The average molecular weight is 344 g/mol. The maximum atomic E-state index is 12.5. The van der Waals surface area contributed by atoms with Gasteiger partial charge in [-0.15, -0.1) is 0 Å². The quantitative estimate of drug-likeness (QED) is 0.887. The van der Waals surface area contributed by atoms with Crippen molar-refractivity contribution in [3.05, 3.63) is 34.4 Å². The van der Waals surface area contributed by atoms with Gasteiger partial charge in [-0.25, -0.2) is 9.97 Å². The molecular formula is C17H24N6O2. The summed E-state index contributed by atoms with van der Waals surface area (Å²) in [6.45, 7) is 8.95. The fourth-order valence-corrected chi connectivity index (χ4v) is 2.97. The van der Waals surface area contributed by atoms with Gasteiger partial charge in [-0.3, -0.25) is 9.48 Å². The van der Waals surface area contributed by atoms with Crippen molar-refractivity contribution in [2.45, 2.75) is 27.3 Å². The lowest BCUT2D eigenvalue weighted by atomic mass is 10.2. The summed E-state index contributed by atoms with van der Waals surface area (Å²) in [6.07, 6.45) is 0. The minimum absolute atomic E-state index is 0.132. The molecule has 0 spiro atoms. The molecule has 0 bridgehead atoms. The second-order valence-electron chi connectivity index (χ2n) is 6.25. The largest absolute Gasteiger partial charge is 0.378 e. The normalized spacial score (nSPS) is 14.6. The van der Waals surface area contributed by atoms with Gasteiger partial charge in [0.05, 0.1) is 36.7 Å². The van der Waals surface area contributed by atoms with Crippen LogP contribution in [0, 0.1) is 20.8 Å². The lowest BCUT2D eigenvalue weighted by Gasteiger charge is -2.27. The van der Waals surface area contributed by atoms with Gasteiger partial charge in [-0.05, 0) is 26.8 Å². The molecule has 25 heavy (non-hydrogen) atoms. The summed E-state index contributed by atoms with van der Waals surface area (Å²) in [5, 5.41) is 7.23. The van der Waals surface area contributed by atoms with Crippen LogP contribution in [-0.4, -0.2) is 52.0 Å². The van der Waals surface area contributed by atoms with E-state index in [0.717, 1.165) is 35.9 Å². The molecule has 3 heterocycles. The number of rotatable bonds is 4.